The number of rotatable bonds is 3. The first-order valence-electron chi connectivity index (χ1n) is 5.83. The van der Waals surface area contributed by atoms with E-state index in [-0.39, 0.29) is 29.3 Å². The number of hydrogen-bond acceptors (Lipinski definition) is 5. The van der Waals surface area contributed by atoms with E-state index < -0.39 is 12.0 Å². The predicted octanol–water partition coefficient (Wildman–Crippen LogP) is 2.26. The van der Waals surface area contributed by atoms with Crippen LogP contribution in [0.4, 0.5) is 13.2 Å². The van der Waals surface area contributed by atoms with Crippen molar-refractivity contribution in [1.82, 2.24) is 24.6 Å². The van der Waals surface area contributed by atoms with E-state index >= 15 is 0 Å². The summed E-state index contributed by atoms with van der Waals surface area (Å²) in [6.45, 7) is 3.56. The second-order valence-electron chi connectivity index (χ2n) is 4.04. The predicted molar refractivity (Wildman–Crippen MR) is 66.8 cm³/mol. The van der Waals surface area contributed by atoms with Gasteiger partial charge in [0.25, 0.3) is 5.88 Å². The molecule has 0 aliphatic carbocycles. The quantitative estimate of drug-likeness (QED) is 0.693. The van der Waals surface area contributed by atoms with Crippen LogP contribution in [0.1, 0.15) is 5.82 Å². The summed E-state index contributed by atoms with van der Waals surface area (Å²) in [4.78, 5) is 8.03. The molecule has 0 spiro atoms. The maximum absolute atomic E-state index is 13.0. The fourth-order valence-corrected chi connectivity index (χ4v) is 1.85. The molecule has 9 heteroatoms. The van der Waals surface area contributed by atoms with Crippen LogP contribution < -0.4 is 4.74 Å². The van der Waals surface area contributed by atoms with Crippen LogP contribution in [-0.4, -0.2) is 31.2 Å². The average molecular weight is 295 g/mol. The zero-order valence-electron chi connectivity index (χ0n) is 10.5. The summed E-state index contributed by atoms with van der Waals surface area (Å²) < 4.78 is 45.2. The number of aromatic nitrogens is 5. The van der Waals surface area contributed by atoms with Gasteiger partial charge in [-0.1, -0.05) is 12.7 Å². The van der Waals surface area contributed by atoms with E-state index in [4.69, 9.17) is 4.74 Å². The minimum absolute atomic E-state index is 0.00998. The molecular formula is C12H8F3N5O. The molecule has 3 aromatic rings. The van der Waals surface area contributed by atoms with Crippen LogP contribution >= 0.6 is 0 Å². The molecule has 21 heavy (non-hydrogen) atoms. The maximum atomic E-state index is 13.0. The van der Waals surface area contributed by atoms with Gasteiger partial charge < -0.3 is 4.74 Å². The lowest BCUT2D eigenvalue weighted by Crippen LogP contribution is -2.12. The lowest BCUT2D eigenvalue weighted by atomic mass is 10.4. The molecule has 108 valence electrons. The molecule has 0 aromatic carbocycles. The molecule has 0 amide bonds. The topological polar surface area (TPSA) is 65.2 Å². The molecule has 0 N–H and O–H groups in total. The Bertz CT molecular complexity index is 827. The van der Waals surface area contributed by atoms with Gasteiger partial charge in [0.05, 0.1) is 0 Å². The van der Waals surface area contributed by atoms with E-state index in [1.807, 2.05) is 0 Å². The van der Waals surface area contributed by atoms with Gasteiger partial charge in [0.2, 0.25) is 11.5 Å². The molecule has 0 atom stereocenters. The highest BCUT2D eigenvalue weighted by Crippen LogP contribution is 2.31. The SMILES string of the molecule is C=CCOc1nc2cccnc2n2c(C(F)(F)F)nnc12. The first-order valence-corrected chi connectivity index (χ1v) is 5.83. The fraction of sp³-hybridized carbons (Fsp3) is 0.167. The molecule has 3 aromatic heterocycles. The lowest BCUT2D eigenvalue weighted by molar-refractivity contribution is -0.145. The maximum Gasteiger partial charge on any atom is 0.452 e. The van der Waals surface area contributed by atoms with Crippen molar-refractivity contribution in [2.75, 3.05) is 6.61 Å². The molecule has 0 aliphatic rings. The number of pyridine rings is 1. The third kappa shape index (κ3) is 2.16. The van der Waals surface area contributed by atoms with Crippen molar-refractivity contribution >= 4 is 16.8 Å². The van der Waals surface area contributed by atoms with E-state index in [1.165, 1.54) is 18.3 Å². The van der Waals surface area contributed by atoms with Gasteiger partial charge in [0.15, 0.2) is 5.65 Å². The number of nitrogens with zero attached hydrogens (tertiary/aromatic N) is 5. The van der Waals surface area contributed by atoms with Crippen LogP contribution in [0.3, 0.4) is 0 Å². The minimum atomic E-state index is -4.67. The van der Waals surface area contributed by atoms with E-state index in [2.05, 4.69) is 26.7 Å². The van der Waals surface area contributed by atoms with Gasteiger partial charge in [-0.25, -0.2) is 14.4 Å². The Labute approximate surface area is 115 Å². The Morgan fingerprint density at radius 3 is 2.81 bits per heavy atom. The molecule has 0 saturated heterocycles. The third-order valence-electron chi connectivity index (χ3n) is 2.65. The molecule has 0 unspecified atom stereocenters. The van der Waals surface area contributed by atoms with Crippen molar-refractivity contribution in [3.05, 3.63) is 36.8 Å². The summed E-state index contributed by atoms with van der Waals surface area (Å²) in [7, 11) is 0. The fourth-order valence-electron chi connectivity index (χ4n) is 1.85. The zero-order chi connectivity index (χ0) is 15.0. The standard InChI is InChI=1S/C12H8F3N5O/c1-2-6-21-10-9-18-19-11(12(13,14)15)20(9)8-7(17-10)4-3-5-16-8/h2-5H,1,6H2. The van der Waals surface area contributed by atoms with Crippen molar-refractivity contribution in [2.45, 2.75) is 6.18 Å². The van der Waals surface area contributed by atoms with Crippen LogP contribution in [0.15, 0.2) is 31.0 Å². The molecule has 3 rings (SSSR count). The summed E-state index contributed by atoms with van der Waals surface area (Å²) in [5.74, 6) is -1.23. The summed E-state index contributed by atoms with van der Waals surface area (Å²) in [5.41, 5.74) is 0.112. The van der Waals surface area contributed by atoms with E-state index in [1.54, 1.807) is 6.07 Å². The molecule has 0 fully saturated rings. The number of halogens is 3. The number of fused-ring (bicyclic) bond motifs is 3. The molecule has 0 bridgehead atoms. The molecular weight excluding hydrogens is 287 g/mol. The van der Waals surface area contributed by atoms with Crippen LogP contribution in [0, 0.1) is 0 Å². The average Bonchev–Trinajstić information content (AvgIpc) is 2.90. The van der Waals surface area contributed by atoms with Crippen molar-refractivity contribution in [3.63, 3.8) is 0 Å². The summed E-state index contributed by atoms with van der Waals surface area (Å²) in [6, 6.07) is 3.10. The largest absolute Gasteiger partial charge is 0.471 e. The van der Waals surface area contributed by atoms with Gasteiger partial charge in [-0.15, -0.1) is 10.2 Å². The Balaban J connectivity index is 2.39. The highest BCUT2D eigenvalue weighted by Gasteiger charge is 2.38. The van der Waals surface area contributed by atoms with Gasteiger partial charge in [0, 0.05) is 6.20 Å². The Morgan fingerprint density at radius 2 is 2.10 bits per heavy atom. The van der Waals surface area contributed by atoms with Gasteiger partial charge in [-0.05, 0) is 12.1 Å². The monoisotopic (exact) mass is 295 g/mol. The number of ether oxygens (including phenoxy) is 1. The highest BCUT2D eigenvalue weighted by molar-refractivity contribution is 5.76. The first-order chi connectivity index (χ1) is 10.0. The van der Waals surface area contributed by atoms with Crippen molar-refractivity contribution in [2.24, 2.45) is 0 Å². The molecule has 6 nitrogen and oxygen atoms in total. The Morgan fingerprint density at radius 1 is 1.29 bits per heavy atom. The molecule has 0 saturated carbocycles. The van der Waals surface area contributed by atoms with E-state index in [9.17, 15) is 13.2 Å². The van der Waals surface area contributed by atoms with Gasteiger partial charge in [-0.2, -0.15) is 13.2 Å². The van der Waals surface area contributed by atoms with E-state index in [0.29, 0.717) is 0 Å². The van der Waals surface area contributed by atoms with Crippen LogP contribution in [0.25, 0.3) is 16.8 Å². The van der Waals surface area contributed by atoms with Crippen molar-refractivity contribution < 1.29 is 17.9 Å². The Hall–Kier alpha value is -2.71. The van der Waals surface area contributed by atoms with Crippen LogP contribution in [0.5, 0.6) is 5.88 Å². The second-order valence-corrected chi connectivity index (χ2v) is 4.04. The number of hydrogen-bond donors (Lipinski definition) is 0. The van der Waals surface area contributed by atoms with Crippen LogP contribution in [0.2, 0.25) is 0 Å². The summed E-state index contributed by atoms with van der Waals surface area (Å²) in [5, 5.41) is 6.71. The molecule has 3 heterocycles. The zero-order valence-corrected chi connectivity index (χ0v) is 10.5. The van der Waals surface area contributed by atoms with Gasteiger partial charge in [0.1, 0.15) is 12.1 Å². The normalized spacial score (nSPS) is 12.0. The van der Waals surface area contributed by atoms with Gasteiger partial charge >= 0.3 is 6.18 Å². The number of alkyl halides is 3. The summed E-state index contributed by atoms with van der Waals surface area (Å²) >= 11 is 0. The Kier molecular flexibility index (Phi) is 2.96. The van der Waals surface area contributed by atoms with E-state index in [0.717, 1.165) is 4.40 Å². The van der Waals surface area contributed by atoms with Crippen LogP contribution in [-0.2, 0) is 6.18 Å². The molecule has 0 radical (unpaired) electrons. The summed E-state index contributed by atoms with van der Waals surface area (Å²) in [6.07, 6.45) is -1.85. The van der Waals surface area contributed by atoms with Crippen molar-refractivity contribution in [1.29, 1.82) is 0 Å². The second kappa shape index (κ2) is 4.69. The third-order valence-corrected chi connectivity index (χ3v) is 2.65. The highest BCUT2D eigenvalue weighted by atomic mass is 19.4. The lowest BCUT2D eigenvalue weighted by Gasteiger charge is -2.09. The minimum Gasteiger partial charge on any atom is -0.471 e. The smallest absolute Gasteiger partial charge is 0.452 e. The molecule has 0 aliphatic heterocycles. The van der Waals surface area contributed by atoms with Crippen molar-refractivity contribution in [3.8, 4) is 5.88 Å². The van der Waals surface area contributed by atoms with Gasteiger partial charge in [-0.3, -0.25) is 0 Å². The first kappa shape index (κ1) is 13.3.